The SMILES string of the molecule is C[C@@](C[C@H]1CN(c2ccc(C#CCC3CCOC3)cc2)C(=O)O1)(C(=O)NO)S(C)(=O)=O. The van der Waals surface area contributed by atoms with E-state index in [0.717, 1.165) is 37.9 Å². The molecular formula is C21H26N2O7S. The summed E-state index contributed by atoms with van der Waals surface area (Å²) in [6.45, 7) is 2.82. The maximum Gasteiger partial charge on any atom is 0.414 e. The van der Waals surface area contributed by atoms with Gasteiger partial charge in [-0.15, -0.1) is 0 Å². The van der Waals surface area contributed by atoms with E-state index in [2.05, 4.69) is 11.8 Å². The van der Waals surface area contributed by atoms with Crippen LogP contribution in [0.2, 0.25) is 0 Å². The normalized spacial score (nSPS) is 22.9. The summed E-state index contributed by atoms with van der Waals surface area (Å²) < 4.78 is 33.0. The first-order valence-electron chi connectivity index (χ1n) is 9.93. The molecular weight excluding hydrogens is 424 g/mol. The number of hydrogen-bond acceptors (Lipinski definition) is 7. The van der Waals surface area contributed by atoms with Crippen molar-refractivity contribution >= 4 is 27.5 Å². The van der Waals surface area contributed by atoms with Gasteiger partial charge in [-0.25, -0.2) is 18.7 Å². The van der Waals surface area contributed by atoms with Gasteiger partial charge in [0.05, 0.1) is 13.2 Å². The molecule has 2 aliphatic rings. The van der Waals surface area contributed by atoms with Crippen LogP contribution < -0.4 is 10.4 Å². The fourth-order valence-corrected chi connectivity index (χ4v) is 4.44. The molecule has 0 aromatic heterocycles. The van der Waals surface area contributed by atoms with Crippen molar-refractivity contribution in [3.8, 4) is 11.8 Å². The highest BCUT2D eigenvalue weighted by Gasteiger charge is 2.48. The number of benzene rings is 1. The van der Waals surface area contributed by atoms with Gasteiger partial charge in [-0.3, -0.25) is 14.9 Å². The van der Waals surface area contributed by atoms with Gasteiger partial charge < -0.3 is 9.47 Å². The molecule has 1 aromatic rings. The second-order valence-electron chi connectivity index (χ2n) is 8.05. The smallest absolute Gasteiger partial charge is 0.414 e. The molecule has 2 fully saturated rings. The van der Waals surface area contributed by atoms with Crippen LogP contribution in [-0.4, -0.2) is 62.5 Å². The lowest BCUT2D eigenvalue weighted by Gasteiger charge is -2.26. The summed E-state index contributed by atoms with van der Waals surface area (Å²) in [6.07, 6.45) is 0.959. The molecule has 2 saturated heterocycles. The number of carbonyl (C=O) groups excluding carboxylic acids is 2. The van der Waals surface area contributed by atoms with E-state index < -0.39 is 32.7 Å². The highest BCUT2D eigenvalue weighted by molar-refractivity contribution is 7.92. The molecule has 2 N–H and O–H groups in total. The second kappa shape index (κ2) is 9.26. The molecule has 31 heavy (non-hydrogen) atoms. The molecule has 0 aliphatic carbocycles. The van der Waals surface area contributed by atoms with E-state index in [1.807, 2.05) is 0 Å². The van der Waals surface area contributed by atoms with Crippen LogP contribution in [0.4, 0.5) is 10.5 Å². The van der Waals surface area contributed by atoms with Crippen LogP contribution in [0.15, 0.2) is 24.3 Å². The molecule has 0 bridgehead atoms. The van der Waals surface area contributed by atoms with Crippen molar-refractivity contribution in [1.29, 1.82) is 0 Å². The van der Waals surface area contributed by atoms with Gasteiger partial charge in [0.25, 0.3) is 5.91 Å². The van der Waals surface area contributed by atoms with E-state index in [9.17, 15) is 18.0 Å². The predicted octanol–water partition coefficient (Wildman–Crippen LogP) is 1.49. The van der Waals surface area contributed by atoms with Crippen LogP contribution >= 0.6 is 0 Å². The molecule has 1 unspecified atom stereocenters. The number of hydroxylamine groups is 1. The van der Waals surface area contributed by atoms with Crippen LogP contribution in [0.5, 0.6) is 0 Å². The molecule has 2 amide bonds. The zero-order valence-electron chi connectivity index (χ0n) is 17.5. The third kappa shape index (κ3) is 5.18. The molecule has 9 nitrogen and oxygen atoms in total. The third-order valence-corrected chi connectivity index (χ3v) is 7.71. The molecule has 2 heterocycles. The van der Waals surface area contributed by atoms with Gasteiger partial charge in [0.1, 0.15) is 6.10 Å². The Morgan fingerprint density at radius 2 is 2.06 bits per heavy atom. The Kier molecular flexibility index (Phi) is 6.89. The minimum atomic E-state index is -3.89. The average Bonchev–Trinajstić information content (AvgIpc) is 3.36. The zero-order chi connectivity index (χ0) is 22.6. The average molecular weight is 451 g/mol. The Bertz CT molecular complexity index is 991. The fourth-order valence-electron chi connectivity index (χ4n) is 3.57. The van der Waals surface area contributed by atoms with E-state index in [1.54, 1.807) is 24.3 Å². The summed E-state index contributed by atoms with van der Waals surface area (Å²) in [7, 11) is -3.89. The Hall–Kier alpha value is -2.61. The number of sulfone groups is 1. The molecule has 0 spiro atoms. The lowest BCUT2D eigenvalue weighted by Crippen LogP contribution is -2.51. The number of hydrogen-bond donors (Lipinski definition) is 2. The van der Waals surface area contributed by atoms with Gasteiger partial charge in [-0.05, 0) is 43.5 Å². The molecule has 1 aromatic carbocycles. The van der Waals surface area contributed by atoms with Crippen LogP contribution in [-0.2, 0) is 24.1 Å². The molecule has 2 aliphatic heterocycles. The van der Waals surface area contributed by atoms with E-state index >= 15 is 0 Å². The minimum absolute atomic E-state index is 0.0787. The standard InChI is InChI=1S/C21H26N2O7S/c1-21(19(24)22-26,31(2,27)28)12-18-13-23(20(25)30-18)17-8-6-15(7-9-17)4-3-5-16-10-11-29-14-16/h6-9,16,18,26H,5,10-14H2,1-2H3,(H,22,24)/t16?,18-,21+/m0/s1. The van der Waals surface area contributed by atoms with Crippen molar-refractivity contribution in [2.24, 2.45) is 5.92 Å². The summed E-state index contributed by atoms with van der Waals surface area (Å²) >= 11 is 0. The van der Waals surface area contributed by atoms with Crippen LogP contribution in [0.1, 0.15) is 31.7 Å². The lowest BCUT2D eigenvalue weighted by atomic mass is 10.0. The zero-order valence-corrected chi connectivity index (χ0v) is 18.3. The molecule has 3 rings (SSSR count). The van der Waals surface area contributed by atoms with Gasteiger partial charge >= 0.3 is 6.09 Å². The maximum atomic E-state index is 12.3. The van der Waals surface area contributed by atoms with Crippen molar-refractivity contribution < 1.29 is 32.7 Å². The van der Waals surface area contributed by atoms with Gasteiger partial charge in [-0.2, -0.15) is 0 Å². The highest BCUT2D eigenvalue weighted by atomic mass is 32.2. The van der Waals surface area contributed by atoms with Crippen molar-refractivity contribution in [2.45, 2.75) is 37.0 Å². The number of nitrogens with zero attached hydrogens (tertiary/aromatic N) is 1. The first-order chi connectivity index (χ1) is 14.6. The topological polar surface area (TPSA) is 122 Å². The summed E-state index contributed by atoms with van der Waals surface area (Å²) in [5.41, 5.74) is 2.78. The number of ether oxygens (including phenoxy) is 2. The van der Waals surface area contributed by atoms with E-state index in [4.69, 9.17) is 14.7 Å². The summed E-state index contributed by atoms with van der Waals surface area (Å²) in [5.74, 6) is 5.66. The third-order valence-electron chi connectivity index (χ3n) is 5.72. The maximum absolute atomic E-state index is 12.3. The highest BCUT2D eigenvalue weighted by Crippen LogP contribution is 2.30. The molecule has 0 saturated carbocycles. The summed E-state index contributed by atoms with van der Waals surface area (Å²) in [4.78, 5) is 25.7. The summed E-state index contributed by atoms with van der Waals surface area (Å²) in [5, 5.41) is 8.94. The monoisotopic (exact) mass is 450 g/mol. The van der Waals surface area contributed by atoms with Crippen LogP contribution in [0.25, 0.3) is 0 Å². The van der Waals surface area contributed by atoms with Gasteiger partial charge in [0.15, 0.2) is 14.6 Å². The number of nitrogens with one attached hydrogen (secondary N) is 1. The first-order valence-corrected chi connectivity index (χ1v) is 11.8. The van der Waals surface area contributed by atoms with Crippen molar-refractivity contribution in [3.63, 3.8) is 0 Å². The van der Waals surface area contributed by atoms with Gasteiger partial charge in [0.2, 0.25) is 0 Å². The Labute approximate surface area is 181 Å². The second-order valence-corrected chi connectivity index (χ2v) is 10.5. The Morgan fingerprint density at radius 3 is 2.65 bits per heavy atom. The molecule has 10 heteroatoms. The molecule has 0 radical (unpaired) electrons. The number of cyclic esters (lactones) is 1. The Balaban J connectivity index is 1.66. The van der Waals surface area contributed by atoms with E-state index in [0.29, 0.717) is 11.6 Å². The quantitative estimate of drug-likeness (QED) is 0.382. The summed E-state index contributed by atoms with van der Waals surface area (Å²) in [6, 6.07) is 7.08. The van der Waals surface area contributed by atoms with Crippen LogP contribution in [0, 0.1) is 17.8 Å². The minimum Gasteiger partial charge on any atom is -0.444 e. The first kappa shape index (κ1) is 23.1. The lowest BCUT2D eigenvalue weighted by molar-refractivity contribution is -0.132. The molecule has 168 valence electrons. The van der Waals surface area contributed by atoms with Crippen molar-refractivity contribution in [2.75, 3.05) is 30.9 Å². The van der Waals surface area contributed by atoms with Gasteiger partial charge in [0, 0.05) is 37.0 Å². The van der Waals surface area contributed by atoms with Crippen molar-refractivity contribution in [1.82, 2.24) is 5.48 Å². The number of carbonyl (C=O) groups is 2. The van der Waals surface area contributed by atoms with Crippen molar-refractivity contribution in [3.05, 3.63) is 29.8 Å². The predicted molar refractivity (Wildman–Crippen MR) is 112 cm³/mol. The number of anilines is 1. The van der Waals surface area contributed by atoms with Crippen LogP contribution in [0.3, 0.4) is 0 Å². The number of amides is 2. The van der Waals surface area contributed by atoms with Gasteiger partial charge in [-0.1, -0.05) is 11.8 Å². The van der Waals surface area contributed by atoms with E-state index in [-0.39, 0.29) is 13.0 Å². The van der Waals surface area contributed by atoms with E-state index in [1.165, 1.54) is 17.3 Å². The Morgan fingerprint density at radius 1 is 1.35 bits per heavy atom. The fraction of sp³-hybridized carbons (Fsp3) is 0.524. The number of rotatable bonds is 6. The molecule has 3 atom stereocenters. The largest absolute Gasteiger partial charge is 0.444 e.